The van der Waals surface area contributed by atoms with Crippen LogP contribution in [0, 0.1) is 11.7 Å². The summed E-state index contributed by atoms with van der Waals surface area (Å²) in [5, 5.41) is 24.1. The molecule has 0 saturated carbocycles. The Hall–Kier alpha value is -2.88. The minimum atomic E-state index is -0.647. The van der Waals surface area contributed by atoms with E-state index in [-0.39, 0.29) is 43.2 Å². The lowest BCUT2D eigenvalue weighted by Crippen LogP contribution is -2.51. The van der Waals surface area contributed by atoms with Gasteiger partial charge in [0.25, 0.3) is 0 Å². The molecule has 31 heavy (non-hydrogen) atoms. The fraction of sp³-hybridized carbons (Fsp3) is 0.571. The number of hydrogen-bond donors (Lipinski definition) is 2. The molecule has 2 rings (SSSR count). The first-order chi connectivity index (χ1) is 14.8. The number of hydrogen-bond acceptors (Lipinski definition) is 6. The van der Waals surface area contributed by atoms with Crippen LogP contribution in [-0.2, 0) is 16.1 Å². The van der Waals surface area contributed by atoms with E-state index in [1.807, 2.05) is 6.92 Å². The Morgan fingerprint density at radius 3 is 2.58 bits per heavy atom. The zero-order valence-corrected chi connectivity index (χ0v) is 18.3. The monoisotopic (exact) mass is 434 g/mol. The van der Waals surface area contributed by atoms with E-state index in [9.17, 15) is 19.1 Å². The maximum atomic E-state index is 13.1. The van der Waals surface area contributed by atoms with Crippen molar-refractivity contribution in [2.24, 2.45) is 5.92 Å². The number of nitrogens with zero attached hydrogens (tertiary/aromatic N) is 5. The van der Waals surface area contributed by atoms with Crippen molar-refractivity contribution in [1.29, 1.82) is 0 Å². The average Bonchev–Trinajstić information content (AvgIpc) is 3.19. The van der Waals surface area contributed by atoms with Crippen LogP contribution in [0.25, 0.3) is 11.4 Å². The minimum Gasteiger partial charge on any atom is -0.396 e. The largest absolute Gasteiger partial charge is 0.396 e. The summed E-state index contributed by atoms with van der Waals surface area (Å²) < 4.78 is 13.1. The smallest absolute Gasteiger partial charge is 0.246 e. The van der Waals surface area contributed by atoms with E-state index < -0.39 is 6.04 Å². The number of aliphatic hydroxyl groups excluding tert-OH is 1. The Balaban J connectivity index is 2.09. The van der Waals surface area contributed by atoms with Gasteiger partial charge in [-0.2, -0.15) is 4.80 Å². The zero-order valence-electron chi connectivity index (χ0n) is 18.3. The summed E-state index contributed by atoms with van der Waals surface area (Å²) in [4.78, 5) is 28.3. The third-order valence-electron chi connectivity index (χ3n) is 4.80. The quantitative estimate of drug-likeness (QED) is 0.525. The first-order valence-corrected chi connectivity index (χ1v) is 10.6. The fourth-order valence-corrected chi connectivity index (χ4v) is 3.08. The predicted octanol–water partition coefficient (Wildman–Crippen LogP) is 1.63. The average molecular weight is 435 g/mol. The minimum absolute atomic E-state index is 0.0918. The zero-order chi connectivity index (χ0) is 22.8. The van der Waals surface area contributed by atoms with Crippen LogP contribution in [-0.4, -0.2) is 67.8 Å². The van der Waals surface area contributed by atoms with E-state index in [4.69, 9.17) is 0 Å². The molecule has 1 unspecified atom stereocenters. The van der Waals surface area contributed by atoms with Crippen molar-refractivity contribution in [1.82, 2.24) is 30.4 Å². The molecule has 0 saturated heterocycles. The molecule has 2 aromatic rings. The number of rotatable bonds is 12. The summed E-state index contributed by atoms with van der Waals surface area (Å²) in [6.45, 7) is 6.48. The second-order valence-electron chi connectivity index (χ2n) is 7.71. The number of tetrazole rings is 1. The first kappa shape index (κ1) is 24.4. The van der Waals surface area contributed by atoms with Crippen molar-refractivity contribution in [2.75, 3.05) is 19.7 Å². The van der Waals surface area contributed by atoms with Gasteiger partial charge in [-0.25, -0.2) is 4.39 Å². The van der Waals surface area contributed by atoms with Gasteiger partial charge in [0.05, 0.1) is 0 Å². The number of carbonyl (C=O) groups is 2. The Morgan fingerprint density at radius 1 is 1.26 bits per heavy atom. The lowest BCUT2D eigenvalue weighted by molar-refractivity contribution is -0.141. The van der Waals surface area contributed by atoms with Crippen molar-refractivity contribution in [3.63, 3.8) is 0 Å². The van der Waals surface area contributed by atoms with Crippen molar-refractivity contribution < 1.29 is 19.1 Å². The highest BCUT2D eigenvalue weighted by Crippen LogP contribution is 2.14. The summed E-state index contributed by atoms with van der Waals surface area (Å²) in [6, 6.07) is 5.00. The van der Waals surface area contributed by atoms with Crippen LogP contribution in [0.2, 0.25) is 0 Å². The van der Waals surface area contributed by atoms with E-state index in [0.29, 0.717) is 30.9 Å². The molecule has 2 N–H and O–H groups in total. The Bertz CT molecular complexity index is 840. The number of benzene rings is 1. The molecule has 1 aromatic heterocycles. The molecule has 0 bridgehead atoms. The summed E-state index contributed by atoms with van der Waals surface area (Å²) in [5.41, 5.74) is 0.577. The molecular formula is C21H31FN6O3. The van der Waals surface area contributed by atoms with Crippen LogP contribution in [0.5, 0.6) is 0 Å². The third-order valence-corrected chi connectivity index (χ3v) is 4.80. The highest BCUT2D eigenvalue weighted by Gasteiger charge is 2.28. The molecule has 1 atom stereocenters. The van der Waals surface area contributed by atoms with Gasteiger partial charge in [0.2, 0.25) is 17.6 Å². The third kappa shape index (κ3) is 7.39. The number of halogens is 1. The van der Waals surface area contributed by atoms with Crippen molar-refractivity contribution in [2.45, 2.75) is 52.6 Å². The lowest BCUT2D eigenvalue weighted by atomic mass is 10.1. The van der Waals surface area contributed by atoms with Crippen molar-refractivity contribution in [3.05, 3.63) is 30.1 Å². The van der Waals surface area contributed by atoms with Gasteiger partial charge >= 0.3 is 0 Å². The van der Waals surface area contributed by atoms with Gasteiger partial charge in [-0.05, 0) is 54.7 Å². The molecule has 10 heteroatoms. The molecule has 170 valence electrons. The number of carbonyl (C=O) groups excluding carboxylic acids is 2. The van der Waals surface area contributed by atoms with Crippen LogP contribution < -0.4 is 5.32 Å². The highest BCUT2D eigenvalue weighted by molar-refractivity contribution is 5.87. The van der Waals surface area contributed by atoms with Gasteiger partial charge < -0.3 is 15.3 Å². The summed E-state index contributed by atoms with van der Waals surface area (Å²) in [5.74, 6) is -0.201. The number of aromatic nitrogens is 4. The molecule has 0 spiro atoms. The van der Waals surface area contributed by atoms with Crippen LogP contribution in [0.15, 0.2) is 24.3 Å². The molecule has 2 amide bonds. The lowest BCUT2D eigenvalue weighted by Gasteiger charge is -2.30. The molecule has 9 nitrogen and oxygen atoms in total. The number of amides is 2. The van der Waals surface area contributed by atoms with Crippen LogP contribution in [0.1, 0.15) is 40.0 Å². The van der Waals surface area contributed by atoms with E-state index in [1.165, 1.54) is 29.2 Å². The standard InChI is InChI=1S/C21H31FN6O3/c1-4-18(21(31)23-11-10-15(2)3)27(12-5-13-29)19(30)14-28-25-20(24-26-28)16-6-8-17(22)9-7-16/h6-9,15,18,29H,4-5,10-14H2,1-3H3,(H,23,31). The highest BCUT2D eigenvalue weighted by atomic mass is 19.1. The Labute approximate surface area is 181 Å². The number of nitrogens with one attached hydrogen (secondary N) is 1. The van der Waals surface area contributed by atoms with Gasteiger partial charge in [-0.1, -0.05) is 20.8 Å². The van der Waals surface area contributed by atoms with Gasteiger partial charge in [0.15, 0.2) is 0 Å². The maximum absolute atomic E-state index is 13.1. The van der Waals surface area contributed by atoms with Crippen LogP contribution in [0.4, 0.5) is 4.39 Å². The normalized spacial score (nSPS) is 12.1. The van der Waals surface area contributed by atoms with Gasteiger partial charge in [0, 0.05) is 25.3 Å². The van der Waals surface area contributed by atoms with E-state index in [0.717, 1.165) is 11.2 Å². The van der Waals surface area contributed by atoms with Gasteiger partial charge in [0.1, 0.15) is 18.4 Å². The molecule has 0 aliphatic carbocycles. The predicted molar refractivity (Wildman–Crippen MR) is 113 cm³/mol. The topological polar surface area (TPSA) is 113 Å². The SMILES string of the molecule is CCC(C(=O)NCCC(C)C)N(CCCO)C(=O)Cn1nnc(-c2ccc(F)cc2)n1. The second-order valence-corrected chi connectivity index (χ2v) is 7.71. The fourth-order valence-electron chi connectivity index (χ4n) is 3.08. The van der Waals surface area contributed by atoms with Crippen LogP contribution in [0.3, 0.4) is 0 Å². The second kappa shape index (κ2) is 12.1. The van der Waals surface area contributed by atoms with E-state index in [1.54, 1.807) is 0 Å². The molecular weight excluding hydrogens is 403 g/mol. The Morgan fingerprint density at radius 2 is 1.97 bits per heavy atom. The molecule has 1 heterocycles. The molecule has 1 aromatic carbocycles. The summed E-state index contributed by atoms with van der Waals surface area (Å²) >= 11 is 0. The summed E-state index contributed by atoms with van der Waals surface area (Å²) in [6.07, 6.45) is 1.64. The van der Waals surface area contributed by atoms with Crippen molar-refractivity contribution in [3.8, 4) is 11.4 Å². The molecule has 0 aliphatic rings. The molecule has 0 aliphatic heterocycles. The molecule has 0 fully saturated rings. The first-order valence-electron chi connectivity index (χ1n) is 10.6. The van der Waals surface area contributed by atoms with Crippen molar-refractivity contribution >= 4 is 11.8 Å². The van der Waals surface area contributed by atoms with E-state index in [2.05, 4.69) is 34.6 Å². The molecule has 0 radical (unpaired) electrons. The maximum Gasteiger partial charge on any atom is 0.246 e. The van der Waals surface area contributed by atoms with Gasteiger partial charge in [-0.15, -0.1) is 10.2 Å². The summed E-state index contributed by atoms with van der Waals surface area (Å²) in [7, 11) is 0. The van der Waals surface area contributed by atoms with E-state index >= 15 is 0 Å². The van der Waals surface area contributed by atoms with Crippen LogP contribution >= 0.6 is 0 Å². The Kier molecular flexibility index (Phi) is 9.51. The van der Waals surface area contributed by atoms with Gasteiger partial charge in [-0.3, -0.25) is 9.59 Å². The number of aliphatic hydroxyl groups is 1.